The lowest BCUT2D eigenvalue weighted by Crippen LogP contribution is -2.32. The molecule has 1 saturated carbocycles. The Balaban J connectivity index is 1.91. The van der Waals surface area contributed by atoms with Crippen LogP contribution in [-0.2, 0) is 6.54 Å². The molecule has 0 aliphatic heterocycles. The highest BCUT2D eigenvalue weighted by Gasteiger charge is 2.20. The highest BCUT2D eigenvalue weighted by molar-refractivity contribution is 5.93. The molecule has 0 spiro atoms. The van der Waals surface area contributed by atoms with Gasteiger partial charge in [-0.25, -0.2) is 5.84 Å². The average Bonchev–Trinajstić information content (AvgIpc) is 2.41. The molecule has 3 N–H and O–H groups in total. The Morgan fingerprint density at radius 3 is 2.79 bits per heavy atom. The first-order valence-corrected chi connectivity index (χ1v) is 6.91. The fourth-order valence-electron chi connectivity index (χ4n) is 2.31. The van der Waals surface area contributed by atoms with Gasteiger partial charge in [-0.1, -0.05) is 13.3 Å². The topological polar surface area (TPSA) is 71.2 Å². The molecule has 1 aliphatic carbocycles. The maximum absolute atomic E-state index is 11.3. The lowest BCUT2D eigenvalue weighted by atomic mass is 9.85. The summed E-state index contributed by atoms with van der Waals surface area (Å²) in [6, 6.07) is 3.66. The molecule has 1 aliphatic rings. The zero-order valence-electron chi connectivity index (χ0n) is 11.4. The van der Waals surface area contributed by atoms with E-state index in [4.69, 9.17) is 5.84 Å². The fraction of sp³-hybridized carbons (Fsp3) is 0.571. The van der Waals surface area contributed by atoms with Gasteiger partial charge in [-0.15, -0.1) is 0 Å². The molecule has 0 bridgehead atoms. The monoisotopic (exact) mass is 262 g/mol. The summed E-state index contributed by atoms with van der Waals surface area (Å²) in [4.78, 5) is 18.0. The number of hydrogen-bond acceptors (Lipinski definition) is 4. The second-order valence-corrected chi connectivity index (χ2v) is 5.14. The SMILES string of the molecule is CCN(Cc1ccc(C(=O)NN)cn1)CC1CCC1. The molecule has 5 nitrogen and oxygen atoms in total. The largest absolute Gasteiger partial charge is 0.298 e. The number of amides is 1. The molecule has 104 valence electrons. The molecule has 1 heterocycles. The zero-order chi connectivity index (χ0) is 13.7. The normalized spacial score (nSPS) is 15.3. The van der Waals surface area contributed by atoms with Crippen LogP contribution in [0.15, 0.2) is 18.3 Å². The molecule has 1 fully saturated rings. The van der Waals surface area contributed by atoms with Gasteiger partial charge in [-0.3, -0.25) is 20.1 Å². The van der Waals surface area contributed by atoms with Crippen molar-refractivity contribution in [2.45, 2.75) is 32.7 Å². The number of nitrogens with zero attached hydrogens (tertiary/aromatic N) is 2. The van der Waals surface area contributed by atoms with Crippen molar-refractivity contribution in [3.8, 4) is 0 Å². The Bertz CT molecular complexity index is 414. The minimum atomic E-state index is -0.305. The molecular formula is C14H22N4O. The molecule has 2 rings (SSSR count). The zero-order valence-corrected chi connectivity index (χ0v) is 11.4. The maximum atomic E-state index is 11.3. The number of hydrazine groups is 1. The van der Waals surface area contributed by atoms with Crippen LogP contribution >= 0.6 is 0 Å². The van der Waals surface area contributed by atoms with E-state index < -0.39 is 0 Å². The molecule has 1 aromatic heterocycles. The number of nitrogens with two attached hydrogens (primary N) is 1. The number of carbonyl (C=O) groups is 1. The Morgan fingerprint density at radius 2 is 2.32 bits per heavy atom. The quantitative estimate of drug-likeness (QED) is 0.460. The smallest absolute Gasteiger partial charge is 0.266 e. The number of hydrogen-bond donors (Lipinski definition) is 2. The van der Waals surface area contributed by atoms with Crippen LogP contribution in [0.2, 0.25) is 0 Å². The summed E-state index contributed by atoms with van der Waals surface area (Å²) in [5, 5.41) is 0. The first kappa shape index (κ1) is 14.0. The van der Waals surface area contributed by atoms with Crippen molar-refractivity contribution in [3.05, 3.63) is 29.6 Å². The van der Waals surface area contributed by atoms with Crippen molar-refractivity contribution in [1.82, 2.24) is 15.3 Å². The van der Waals surface area contributed by atoms with E-state index in [1.165, 1.54) is 19.3 Å². The van der Waals surface area contributed by atoms with Gasteiger partial charge in [0.1, 0.15) is 0 Å². The average molecular weight is 262 g/mol. The second kappa shape index (κ2) is 6.63. The van der Waals surface area contributed by atoms with Gasteiger partial charge in [0.15, 0.2) is 0 Å². The van der Waals surface area contributed by atoms with Crippen LogP contribution in [0.25, 0.3) is 0 Å². The molecule has 0 atom stereocenters. The van der Waals surface area contributed by atoms with Crippen LogP contribution in [0.3, 0.4) is 0 Å². The predicted molar refractivity (Wildman–Crippen MR) is 74.2 cm³/mol. The van der Waals surface area contributed by atoms with Crippen LogP contribution < -0.4 is 11.3 Å². The molecule has 0 aromatic carbocycles. The highest BCUT2D eigenvalue weighted by Crippen LogP contribution is 2.27. The number of nitrogen functional groups attached to an aromatic ring is 1. The van der Waals surface area contributed by atoms with Gasteiger partial charge in [0.2, 0.25) is 0 Å². The summed E-state index contributed by atoms with van der Waals surface area (Å²) >= 11 is 0. The number of aromatic nitrogens is 1. The van der Waals surface area contributed by atoms with Gasteiger partial charge < -0.3 is 0 Å². The minimum absolute atomic E-state index is 0.305. The van der Waals surface area contributed by atoms with Crippen molar-refractivity contribution in [2.24, 2.45) is 11.8 Å². The molecule has 0 saturated heterocycles. The van der Waals surface area contributed by atoms with E-state index in [-0.39, 0.29) is 5.91 Å². The Kier molecular flexibility index (Phi) is 4.87. The summed E-state index contributed by atoms with van der Waals surface area (Å²) in [6.45, 7) is 5.21. The third-order valence-corrected chi connectivity index (χ3v) is 3.79. The predicted octanol–water partition coefficient (Wildman–Crippen LogP) is 1.31. The fourth-order valence-corrected chi connectivity index (χ4v) is 2.31. The minimum Gasteiger partial charge on any atom is -0.298 e. The van der Waals surface area contributed by atoms with Crippen LogP contribution in [0.4, 0.5) is 0 Å². The molecule has 1 aromatic rings. The van der Waals surface area contributed by atoms with Crippen molar-refractivity contribution < 1.29 is 4.79 Å². The molecule has 0 radical (unpaired) electrons. The van der Waals surface area contributed by atoms with Crippen LogP contribution in [-0.4, -0.2) is 28.9 Å². The standard InChI is InChI=1S/C14H22N4O/c1-2-18(9-11-4-3-5-11)10-13-7-6-12(8-16-13)14(19)17-15/h6-8,11H,2-5,9-10,15H2,1H3,(H,17,19). The highest BCUT2D eigenvalue weighted by atomic mass is 16.2. The summed E-state index contributed by atoms with van der Waals surface area (Å²) in [6.07, 6.45) is 5.68. The number of rotatable bonds is 6. The van der Waals surface area contributed by atoms with Crippen molar-refractivity contribution in [3.63, 3.8) is 0 Å². The molecule has 1 amide bonds. The molecule has 5 heteroatoms. The number of carbonyl (C=O) groups excluding carboxylic acids is 1. The summed E-state index contributed by atoms with van der Waals surface area (Å²) < 4.78 is 0. The van der Waals surface area contributed by atoms with Gasteiger partial charge in [-0.05, 0) is 37.4 Å². The van der Waals surface area contributed by atoms with Crippen molar-refractivity contribution in [1.29, 1.82) is 0 Å². The Morgan fingerprint density at radius 1 is 1.53 bits per heavy atom. The number of pyridine rings is 1. The lowest BCUT2D eigenvalue weighted by molar-refractivity contribution is 0.0953. The maximum Gasteiger partial charge on any atom is 0.266 e. The molecule has 0 unspecified atom stereocenters. The van der Waals surface area contributed by atoms with Crippen molar-refractivity contribution in [2.75, 3.05) is 13.1 Å². The van der Waals surface area contributed by atoms with E-state index in [0.717, 1.165) is 31.2 Å². The second-order valence-electron chi connectivity index (χ2n) is 5.14. The van der Waals surface area contributed by atoms with Gasteiger partial charge in [-0.2, -0.15) is 0 Å². The van der Waals surface area contributed by atoms with E-state index in [9.17, 15) is 4.79 Å². The van der Waals surface area contributed by atoms with Crippen LogP contribution in [0.1, 0.15) is 42.2 Å². The summed E-state index contributed by atoms with van der Waals surface area (Å²) in [5.41, 5.74) is 3.59. The third kappa shape index (κ3) is 3.75. The first-order chi connectivity index (χ1) is 9.22. The Labute approximate surface area is 114 Å². The number of nitrogens with one attached hydrogen (secondary N) is 1. The van der Waals surface area contributed by atoms with E-state index in [1.807, 2.05) is 6.07 Å². The first-order valence-electron chi connectivity index (χ1n) is 6.91. The van der Waals surface area contributed by atoms with Gasteiger partial charge in [0, 0.05) is 19.3 Å². The molecular weight excluding hydrogens is 240 g/mol. The van der Waals surface area contributed by atoms with Crippen LogP contribution in [0.5, 0.6) is 0 Å². The van der Waals surface area contributed by atoms with E-state index >= 15 is 0 Å². The van der Waals surface area contributed by atoms with E-state index in [2.05, 4.69) is 22.2 Å². The van der Waals surface area contributed by atoms with E-state index in [0.29, 0.717) is 5.56 Å². The van der Waals surface area contributed by atoms with Crippen LogP contribution in [0, 0.1) is 5.92 Å². The summed E-state index contributed by atoms with van der Waals surface area (Å²) in [5.74, 6) is 5.64. The van der Waals surface area contributed by atoms with Gasteiger partial charge >= 0.3 is 0 Å². The third-order valence-electron chi connectivity index (χ3n) is 3.79. The summed E-state index contributed by atoms with van der Waals surface area (Å²) in [7, 11) is 0. The lowest BCUT2D eigenvalue weighted by Gasteiger charge is -2.31. The van der Waals surface area contributed by atoms with Gasteiger partial charge in [0.25, 0.3) is 5.91 Å². The van der Waals surface area contributed by atoms with Gasteiger partial charge in [0.05, 0.1) is 11.3 Å². The van der Waals surface area contributed by atoms with Crippen molar-refractivity contribution >= 4 is 5.91 Å². The Hall–Kier alpha value is -1.46. The van der Waals surface area contributed by atoms with E-state index in [1.54, 1.807) is 12.3 Å². The molecule has 19 heavy (non-hydrogen) atoms.